The third kappa shape index (κ3) is 4.20. The number of nitrogens with zero attached hydrogens (tertiary/aromatic N) is 2. The number of nitro groups is 1. The standard InChI is InChI=1S/C12H17N3O4/c1-3-4-9(12(16)17)7-13-11-6-5-10(15(18)19)8(2)14-11/h5-6,9H,3-4,7H2,1-2H3,(H,13,14)(H,16,17). The van der Waals surface area contributed by atoms with Crippen molar-refractivity contribution in [2.75, 3.05) is 11.9 Å². The van der Waals surface area contributed by atoms with Crippen LogP contribution in [0, 0.1) is 23.0 Å². The molecule has 1 unspecified atom stereocenters. The lowest BCUT2D eigenvalue weighted by Gasteiger charge is -2.12. The first kappa shape index (κ1) is 14.9. The fraction of sp³-hybridized carbons (Fsp3) is 0.500. The van der Waals surface area contributed by atoms with Crippen LogP contribution in [-0.4, -0.2) is 27.5 Å². The average Bonchev–Trinajstić information content (AvgIpc) is 2.33. The van der Waals surface area contributed by atoms with E-state index >= 15 is 0 Å². The van der Waals surface area contributed by atoms with Crippen molar-refractivity contribution < 1.29 is 14.8 Å². The molecule has 1 aromatic rings. The van der Waals surface area contributed by atoms with Gasteiger partial charge in [0.1, 0.15) is 11.5 Å². The maximum atomic E-state index is 11.0. The molecule has 0 aliphatic heterocycles. The second kappa shape index (κ2) is 6.67. The quantitative estimate of drug-likeness (QED) is 0.579. The van der Waals surface area contributed by atoms with Crippen LogP contribution in [0.15, 0.2) is 12.1 Å². The molecule has 0 aliphatic rings. The van der Waals surface area contributed by atoms with Crippen molar-refractivity contribution in [3.63, 3.8) is 0 Å². The number of aromatic nitrogens is 1. The number of carboxylic acids is 1. The van der Waals surface area contributed by atoms with Crippen LogP contribution in [0.25, 0.3) is 0 Å². The number of hydrogen-bond donors (Lipinski definition) is 2. The number of carboxylic acid groups (broad SMARTS) is 1. The third-order valence-electron chi connectivity index (χ3n) is 2.77. The van der Waals surface area contributed by atoms with Gasteiger partial charge in [-0.05, 0) is 19.4 Å². The van der Waals surface area contributed by atoms with Crippen LogP contribution in [0.4, 0.5) is 11.5 Å². The molecule has 2 N–H and O–H groups in total. The number of pyridine rings is 1. The Morgan fingerprint density at radius 3 is 2.74 bits per heavy atom. The molecule has 7 nitrogen and oxygen atoms in total. The van der Waals surface area contributed by atoms with E-state index in [2.05, 4.69) is 10.3 Å². The van der Waals surface area contributed by atoms with Gasteiger partial charge < -0.3 is 10.4 Å². The molecule has 0 fully saturated rings. The summed E-state index contributed by atoms with van der Waals surface area (Å²) >= 11 is 0. The van der Waals surface area contributed by atoms with E-state index < -0.39 is 16.8 Å². The zero-order chi connectivity index (χ0) is 14.4. The Labute approximate surface area is 110 Å². The largest absolute Gasteiger partial charge is 0.481 e. The van der Waals surface area contributed by atoms with Gasteiger partial charge >= 0.3 is 5.97 Å². The summed E-state index contributed by atoms with van der Waals surface area (Å²) < 4.78 is 0. The van der Waals surface area contributed by atoms with E-state index in [0.29, 0.717) is 17.9 Å². The number of nitrogens with one attached hydrogen (secondary N) is 1. The molecule has 7 heteroatoms. The monoisotopic (exact) mass is 267 g/mol. The zero-order valence-electron chi connectivity index (χ0n) is 10.9. The van der Waals surface area contributed by atoms with E-state index in [0.717, 1.165) is 6.42 Å². The van der Waals surface area contributed by atoms with Crippen LogP contribution in [0.3, 0.4) is 0 Å². The Bertz CT molecular complexity index is 476. The van der Waals surface area contributed by atoms with Crippen molar-refractivity contribution in [1.82, 2.24) is 4.98 Å². The van der Waals surface area contributed by atoms with E-state index in [4.69, 9.17) is 5.11 Å². The first-order chi connectivity index (χ1) is 8.95. The van der Waals surface area contributed by atoms with Gasteiger partial charge in [0.25, 0.3) is 5.69 Å². The van der Waals surface area contributed by atoms with Gasteiger partial charge in [0.15, 0.2) is 0 Å². The second-order valence-electron chi connectivity index (χ2n) is 4.26. The first-order valence-electron chi connectivity index (χ1n) is 6.04. The Morgan fingerprint density at radius 2 is 2.26 bits per heavy atom. The molecule has 1 aromatic heterocycles. The van der Waals surface area contributed by atoms with Crippen molar-refractivity contribution in [2.24, 2.45) is 5.92 Å². The van der Waals surface area contributed by atoms with Crippen LogP contribution < -0.4 is 5.32 Å². The molecule has 104 valence electrons. The normalized spacial score (nSPS) is 11.9. The van der Waals surface area contributed by atoms with Gasteiger partial charge in [0, 0.05) is 12.6 Å². The molecule has 1 heterocycles. The summed E-state index contributed by atoms with van der Waals surface area (Å²) in [6, 6.07) is 2.84. The highest BCUT2D eigenvalue weighted by molar-refractivity contribution is 5.70. The number of carbonyl (C=O) groups is 1. The fourth-order valence-electron chi connectivity index (χ4n) is 1.73. The van der Waals surface area contributed by atoms with Crippen LogP contribution in [0.5, 0.6) is 0 Å². The predicted molar refractivity (Wildman–Crippen MR) is 70.2 cm³/mol. The van der Waals surface area contributed by atoms with Crippen molar-refractivity contribution in [3.05, 3.63) is 27.9 Å². The van der Waals surface area contributed by atoms with Crippen molar-refractivity contribution in [1.29, 1.82) is 0 Å². The van der Waals surface area contributed by atoms with Crippen molar-refractivity contribution in [3.8, 4) is 0 Å². The number of hydrogen-bond acceptors (Lipinski definition) is 5. The summed E-state index contributed by atoms with van der Waals surface area (Å²) in [6.07, 6.45) is 1.36. The zero-order valence-corrected chi connectivity index (χ0v) is 10.9. The third-order valence-corrected chi connectivity index (χ3v) is 2.77. The maximum absolute atomic E-state index is 11.0. The van der Waals surface area contributed by atoms with E-state index in [9.17, 15) is 14.9 Å². The Kier molecular flexibility index (Phi) is 5.23. The minimum atomic E-state index is -0.854. The highest BCUT2D eigenvalue weighted by Crippen LogP contribution is 2.18. The lowest BCUT2D eigenvalue weighted by atomic mass is 10.0. The molecule has 0 bridgehead atoms. The van der Waals surface area contributed by atoms with Gasteiger partial charge in [-0.2, -0.15) is 0 Å². The predicted octanol–water partition coefficient (Wildman–Crippen LogP) is 2.21. The molecule has 0 saturated carbocycles. The van der Waals surface area contributed by atoms with E-state index in [1.165, 1.54) is 12.1 Å². The van der Waals surface area contributed by atoms with Gasteiger partial charge in [-0.1, -0.05) is 13.3 Å². The number of aliphatic carboxylic acids is 1. The molecule has 0 saturated heterocycles. The fourth-order valence-corrected chi connectivity index (χ4v) is 1.73. The summed E-state index contributed by atoms with van der Waals surface area (Å²) in [7, 11) is 0. The van der Waals surface area contributed by atoms with Gasteiger partial charge in [-0.25, -0.2) is 4.98 Å². The second-order valence-corrected chi connectivity index (χ2v) is 4.26. The Hall–Kier alpha value is -2.18. The lowest BCUT2D eigenvalue weighted by Crippen LogP contribution is -2.23. The summed E-state index contributed by atoms with van der Waals surface area (Å²) in [5.74, 6) is -0.888. The molecular formula is C12H17N3O4. The maximum Gasteiger partial charge on any atom is 0.308 e. The summed E-state index contributed by atoms with van der Waals surface area (Å²) in [4.78, 5) is 25.2. The number of rotatable bonds is 7. The van der Waals surface area contributed by atoms with Gasteiger partial charge in [-0.3, -0.25) is 14.9 Å². The molecule has 0 aromatic carbocycles. The van der Waals surface area contributed by atoms with Gasteiger partial charge in [-0.15, -0.1) is 0 Å². The SMILES string of the molecule is CCCC(CNc1ccc([N+](=O)[O-])c(C)n1)C(=O)O. The lowest BCUT2D eigenvalue weighted by molar-refractivity contribution is -0.385. The van der Waals surface area contributed by atoms with Crippen LogP contribution in [0.2, 0.25) is 0 Å². The number of anilines is 1. The molecular weight excluding hydrogens is 250 g/mol. The Morgan fingerprint density at radius 1 is 1.58 bits per heavy atom. The molecule has 0 spiro atoms. The summed E-state index contributed by atoms with van der Waals surface area (Å²) in [5, 5.41) is 22.5. The van der Waals surface area contributed by atoms with Crippen LogP contribution in [-0.2, 0) is 4.79 Å². The van der Waals surface area contributed by atoms with Crippen LogP contribution >= 0.6 is 0 Å². The smallest absolute Gasteiger partial charge is 0.308 e. The first-order valence-corrected chi connectivity index (χ1v) is 6.04. The van der Waals surface area contributed by atoms with Gasteiger partial charge in [0.05, 0.1) is 10.8 Å². The average molecular weight is 267 g/mol. The molecule has 1 rings (SSSR count). The molecule has 19 heavy (non-hydrogen) atoms. The molecule has 1 atom stereocenters. The number of aryl methyl sites for hydroxylation is 1. The van der Waals surface area contributed by atoms with E-state index in [1.54, 1.807) is 6.92 Å². The van der Waals surface area contributed by atoms with Crippen LogP contribution in [0.1, 0.15) is 25.5 Å². The highest BCUT2D eigenvalue weighted by Gasteiger charge is 2.17. The summed E-state index contributed by atoms with van der Waals surface area (Å²) in [6.45, 7) is 3.72. The molecule has 0 aliphatic carbocycles. The highest BCUT2D eigenvalue weighted by atomic mass is 16.6. The topological polar surface area (TPSA) is 105 Å². The summed E-state index contributed by atoms with van der Waals surface area (Å²) in [5.41, 5.74) is 0.256. The van der Waals surface area contributed by atoms with Crippen molar-refractivity contribution in [2.45, 2.75) is 26.7 Å². The van der Waals surface area contributed by atoms with E-state index in [-0.39, 0.29) is 12.2 Å². The van der Waals surface area contributed by atoms with E-state index in [1.807, 2.05) is 6.92 Å². The molecule has 0 amide bonds. The van der Waals surface area contributed by atoms with Gasteiger partial charge in [0.2, 0.25) is 0 Å². The minimum absolute atomic E-state index is 0.0473. The molecule has 0 radical (unpaired) electrons. The minimum Gasteiger partial charge on any atom is -0.481 e. The Balaban J connectivity index is 2.70. The van der Waals surface area contributed by atoms with Crippen molar-refractivity contribution >= 4 is 17.5 Å².